The van der Waals surface area contributed by atoms with Gasteiger partial charge in [0.05, 0.1) is 36.6 Å². The van der Waals surface area contributed by atoms with Gasteiger partial charge in [-0.1, -0.05) is 103 Å². The predicted molar refractivity (Wildman–Crippen MR) is 168 cm³/mol. The van der Waals surface area contributed by atoms with E-state index in [1.54, 1.807) is 6.08 Å². The lowest BCUT2D eigenvalue weighted by atomic mass is 9.99. The molecule has 2 rings (SSSR count). The zero-order chi connectivity index (χ0) is 30.6. The minimum atomic E-state index is -0.530. The van der Waals surface area contributed by atoms with E-state index in [4.69, 9.17) is 9.47 Å². The molecule has 1 saturated heterocycles. The van der Waals surface area contributed by atoms with Crippen molar-refractivity contribution in [1.29, 1.82) is 0 Å². The Balaban J connectivity index is 1.41. The van der Waals surface area contributed by atoms with Crippen LogP contribution in [0.2, 0.25) is 0 Å². The van der Waals surface area contributed by atoms with Gasteiger partial charge in [-0.25, -0.2) is 4.79 Å². The van der Waals surface area contributed by atoms with Crippen LogP contribution in [-0.4, -0.2) is 69.1 Å². The lowest BCUT2D eigenvalue weighted by molar-refractivity contribution is -0.139. The number of carbonyl (C=O) groups is 1. The van der Waals surface area contributed by atoms with Gasteiger partial charge in [0.15, 0.2) is 0 Å². The molecule has 2 aliphatic heterocycles. The van der Waals surface area contributed by atoms with Crippen molar-refractivity contribution in [2.45, 2.75) is 204 Å². The van der Waals surface area contributed by atoms with E-state index in [0.29, 0.717) is 24.8 Å². The number of esters is 1. The molecule has 7 atom stereocenters. The number of ether oxygens (including phenoxy) is 2. The average Bonchev–Trinajstić information content (AvgIpc) is 3.58. The topological polar surface area (TPSA) is 116 Å². The summed E-state index contributed by atoms with van der Waals surface area (Å²) in [5.41, 5.74) is 0.576. The molecule has 1 fully saturated rings. The number of hydrogen-bond acceptors (Lipinski definition) is 7. The highest BCUT2D eigenvalue weighted by atomic mass is 16.5. The molecule has 7 heteroatoms. The van der Waals surface area contributed by atoms with E-state index in [9.17, 15) is 25.2 Å². The average molecular weight is 597 g/mol. The molecule has 42 heavy (non-hydrogen) atoms. The van der Waals surface area contributed by atoms with Crippen molar-refractivity contribution >= 4 is 5.97 Å². The Bertz CT molecular complexity index is 726. The molecule has 0 radical (unpaired) electrons. The number of aliphatic hydroxyl groups is 4. The Morgan fingerprint density at radius 2 is 1.10 bits per heavy atom. The summed E-state index contributed by atoms with van der Waals surface area (Å²) in [7, 11) is 0. The third-order valence-electron chi connectivity index (χ3n) is 9.11. The highest BCUT2D eigenvalue weighted by Gasteiger charge is 2.34. The van der Waals surface area contributed by atoms with E-state index in [-0.39, 0.29) is 30.4 Å². The molecule has 2 heterocycles. The Labute approximate surface area is 256 Å². The van der Waals surface area contributed by atoms with Gasteiger partial charge < -0.3 is 29.9 Å². The summed E-state index contributed by atoms with van der Waals surface area (Å²) in [4.78, 5) is 11.6. The first-order valence-corrected chi connectivity index (χ1v) is 17.6. The fourth-order valence-corrected chi connectivity index (χ4v) is 6.42. The van der Waals surface area contributed by atoms with Crippen LogP contribution >= 0.6 is 0 Å². The second-order valence-corrected chi connectivity index (χ2v) is 13.1. The zero-order valence-electron chi connectivity index (χ0n) is 26.9. The highest BCUT2D eigenvalue weighted by molar-refractivity contribution is 5.90. The largest absolute Gasteiger partial charge is 0.455 e. The molecule has 246 valence electrons. The number of unbranched alkanes of at least 4 members (excludes halogenated alkanes) is 12. The van der Waals surface area contributed by atoms with Crippen molar-refractivity contribution in [2.24, 2.45) is 0 Å². The number of aliphatic hydroxyl groups excluding tert-OH is 4. The van der Waals surface area contributed by atoms with Gasteiger partial charge in [0.25, 0.3) is 0 Å². The van der Waals surface area contributed by atoms with Crippen LogP contribution in [0.15, 0.2) is 11.6 Å². The smallest absolute Gasteiger partial charge is 0.334 e. The van der Waals surface area contributed by atoms with Crippen molar-refractivity contribution in [3.63, 3.8) is 0 Å². The van der Waals surface area contributed by atoms with Gasteiger partial charge >= 0.3 is 5.97 Å². The van der Waals surface area contributed by atoms with Gasteiger partial charge in [0.1, 0.15) is 6.10 Å². The first kappa shape index (κ1) is 37.2. The van der Waals surface area contributed by atoms with E-state index in [0.717, 1.165) is 70.6 Å². The standard InChI is InChI=1S/C35H64O7/c1-3-4-5-6-7-8-9-10-11-15-21-31(38)33-23-24-34(42-33)32(39)22-17-16-19-29(36)18-13-12-14-20-30(37)26-28-25-27(2)41-35(28)40/h25,27,29-34,36-39H,3-24,26H2,1-2H3/t27-,29-,30+,31-,32-,33-,34+/m0/s1. The van der Waals surface area contributed by atoms with E-state index in [1.807, 2.05) is 6.92 Å². The number of hydrogen-bond donors (Lipinski definition) is 4. The maximum Gasteiger partial charge on any atom is 0.334 e. The summed E-state index contributed by atoms with van der Waals surface area (Å²) in [6.45, 7) is 4.07. The molecule has 0 aromatic rings. The lowest BCUT2D eigenvalue weighted by Gasteiger charge is -2.22. The monoisotopic (exact) mass is 596 g/mol. The Morgan fingerprint density at radius 1 is 0.667 bits per heavy atom. The quantitative estimate of drug-likeness (QED) is 0.0624. The molecular weight excluding hydrogens is 532 g/mol. The molecule has 0 unspecified atom stereocenters. The molecule has 0 bridgehead atoms. The minimum Gasteiger partial charge on any atom is -0.455 e. The summed E-state index contributed by atoms with van der Waals surface area (Å²) in [5, 5.41) is 41.7. The van der Waals surface area contributed by atoms with Crippen LogP contribution in [0.4, 0.5) is 0 Å². The molecule has 0 saturated carbocycles. The molecule has 7 nitrogen and oxygen atoms in total. The maximum atomic E-state index is 11.6. The minimum absolute atomic E-state index is 0.147. The van der Waals surface area contributed by atoms with Crippen LogP contribution in [0.25, 0.3) is 0 Å². The van der Waals surface area contributed by atoms with Gasteiger partial charge in [-0.3, -0.25) is 0 Å². The second kappa shape index (κ2) is 22.5. The summed E-state index contributed by atoms with van der Waals surface area (Å²) in [5.74, 6) is -0.314. The molecule has 0 aliphatic carbocycles. The van der Waals surface area contributed by atoms with Crippen molar-refractivity contribution < 1.29 is 34.7 Å². The van der Waals surface area contributed by atoms with E-state index in [2.05, 4.69) is 6.92 Å². The lowest BCUT2D eigenvalue weighted by Crippen LogP contribution is -2.31. The van der Waals surface area contributed by atoms with Crippen LogP contribution in [0.1, 0.15) is 162 Å². The molecule has 2 aliphatic rings. The molecule has 0 spiro atoms. The van der Waals surface area contributed by atoms with Crippen molar-refractivity contribution in [1.82, 2.24) is 0 Å². The van der Waals surface area contributed by atoms with Gasteiger partial charge in [0.2, 0.25) is 0 Å². The molecular formula is C35H64O7. The third-order valence-corrected chi connectivity index (χ3v) is 9.11. The van der Waals surface area contributed by atoms with Crippen LogP contribution in [0, 0.1) is 0 Å². The Kier molecular flexibility index (Phi) is 19.9. The van der Waals surface area contributed by atoms with Crippen molar-refractivity contribution in [2.75, 3.05) is 0 Å². The fourth-order valence-electron chi connectivity index (χ4n) is 6.42. The van der Waals surface area contributed by atoms with Gasteiger partial charge in [0, 0.05) is 12.0 Å². The second-order valence-electron chi connectivity index (χ2n) is 13.1. The van der Waals surface area contributed by atoms with E-state index < -0.39 is 18.3 Å². The summed E-state index contributed by atoms with van der Waals surface area (Å²) < 4.78 is 11.1. The fraction of sp³-hybridized carbons (Fsp3) is 0.914. The maximum absolute atomic E-state index is 11.6. The molecule has 0 amide bonds. The van der Waals surface area contributed by atoms with E-state index >= 15 is 0 Å². The van der Waals surface area contributed by atoms with Crippen LogP contribution < -0.4 is 0 Å². The van der Waals surface area contributed by atoms with Crippen molar-refractivity contribution in [3.05, 3.63) is 11.6 Å². The van der Waals surface area contributed by atoms with Gasteiger partial charge in [-0.2, -0.15) is 0 Å². The summed E-state index contributed by atoms with van der Waals surface area (Å²) in [6.07, 6.45) is 22.4. The normalized spacial score (nSPS) is 23.5. The molecule has 0 aromatic carbocycles. The van der Waals surface area contributed by atoms with Gasteiger partial charge in [-0.15, -0.1) is 0 Å². The Hall–Kier alpha value is -0.990. The molecule has 4 N–H and O–H groups in total. The summed E-state index contributed by atoms with van der Waals surface area (Å²) in [6, 6.07) is 0. The SMILES string of the molecule is CCCCCCCCCCCC[C@H](O)[C@@H]1CC[C@H]([C@@H](O)CCCC[C@@H](O)CCCCC[C@@H](O)CC2=C[C@H](C)OC2=O)O1. The Morgan fingerprint density at radius 3 is 1.62 bits per heavy atom. The number of carbonyl (C=O) groups excluding carboxylic acids is 1. The molecule has 0 aromatic heterocycles. The summed E-state index contributed by atoms with van der Waals surface area (Å²) >= 11 is 0. The zero-order valence-corrected chi connectivity index (χ0v) is 26.9. The van der Waals surface area contributed by atoms with Crippen LogP contribution in [0.3, 0.4) is 0 Å². The number of rotatable bonds is 26. The predicted octanol–water partition coefficient (Wildman–Crippen LogP) is 7.06. The van der Waals surface area contributed by atoms with E-state index in [1.165, 1.54) is 57.8 Å². The van der Waals surface area contributed by atoms with Crippen molar-refractivity contribution in [3.8, 4) is 0 Å². The van der Waals surface area contributed by atoms with Gasteiger partial charge in [-0.05, 0) is 57.9 Å². The number of cyclic esters (lactones) is 1. The first-order valence-electron chi connectivity index (χ1n) is 17.6. The third kappa shape index (κ3) is 16.2. The van der Waals surface area contributed by atoms with Crippen LogP contribution in [0.5, 0.6) is 0 Å². The van der Waals surface area contributed by atoms with Crippen LogP contribution in [-0.2, 0) is 14.3 Å². The highest BCUT2D eigenvalue weighted by Crippen LogP contribution is 2.28. The first-order chi connectivity index (χ1) is 20.3.